The van der Waals surface area contributed by atoms with Gasteiger partial charge >= 0.3 is 0 Å². The maximum Gasteiger partial charge on any atom is 0.240 e. The number of nitrogens with one attached hydrogen (secondary N) is 2. The fourth-order valence-corrected chi connectivity index (χ4v) is 4.99. The molecule has 2 N–H and O–H groups in total. The Morgan fingerprint density at radius 3 is 2.53 bits per heavy atom. The molecule has 0 radical (unpaired) electrons. The van der Waals surface area contributed by atoms with E-state index in [0.29, 0.717) is 6.42 Å². The Morgan fingerprint density at radius 1 is 1.12 bits per heavy atom. The van der Waals surface area contributed by atoms with Crippen molar-refractivity contribution in [2.45, 2.75) is 50.1 Å². The van der Waals surface area contributed by atoms with Gasteiger partial charge in [0.2, 0.25) is 21.8 Å². The smallest absolute Gasteiger partial charge is 0.240 e. The van der Waals surface area contributed by atoms with E-state index in [1.807, 2.05) is 6.92 Å². The van der Waals surface area contributed by atoms with Crippen LogP contribution in [-0.4, -0.2) is 32.8 Å². The molecule has 0 spiro atoms. The van der Waals surface area contributed by atoms with Crippen molar-refractivity contribution < 1.29 is 22.4 Å². The number of fused-ring (bicyclic) bond motifs is 1. The predicted molar refractivity (Wildman–Crippen MR) is 118 cm³/mol. The van der Waals surface area contributed by atoms with Gasteiger partial charge in [0.25, 0.3) is 0 Å². The lowest BCUT2D eigenvalue weighted by molar-refractivity contribution is -0.121. The minimum atomic E-state index is -3.78. The maximum atomic E-state index is 12.9. The first-order valence-corrected chi connectivity index (χ1v) is 12.2. The number of rotatable bonds is 8. The highest BCUT2D eigenvalue weighted by molar-refractivity contribution is 7.89. The second-order valence-electron chi connectivity index (χ2n) is 8.38. The van der Waals surface area contributed by atoms with Crippen molar-refractivity contribution in [3.8, 4) is 0 Å². The van der Waals surface area contributed by atoms with E-state index in [-0.39, 0.29) is 54.0 Å². The van der Waals surface area contributed by atoms with E-state index in [0.717, 1.165) is 29.7 Å². The number of carbonyl (C=O) groups is 2. The van der Waals surface area contributed by atoms with E-state index >= 15 is 0 Å². The molecule has 1 aliphatic heterocycles. The molecule has 1 heterocycles. The number of benzene rings is 2. The number of halogens is 1. The summed E-state index contributed by atoms with van der Waals surface area (Å²) in [6, 6.07) is 10.6. The van der Waals surface area contributed by atoms with Crippen LogP contribution >= 0.6 is 0 Å². The summed E-state index contributed by atoms with van der Waals surface area (Å²) in [5, 5.41) is 2.68. The van der Waals surface area contributed by atoms with Gasteiger partial charge in [-0.05, 0) is 67.6 Å². The van der Waals surface area contributed by atoms with Crippen LogP contribution in [0.2, 0.25) is 0 Å². The van der Waals surface area contributed by atoms with Crippen molar-refractivity contribution in [3.63, 3.8) is 0 Å². The monoisotopic (exact) mass is 459 g/mol. The molecule has 1 fully saturated rings. The minimum Gasteiger partial charge on any atom is -0.352 e. The molecule has 7 nitrogen and oxygen atoms in total. The third-order valence-electron chi connectivity index (χ3n) is 5.79. The Balaban J connectivity index is 1.32. The van der Waals surface area contributed by atoms with Crippen molar-refractivity contribution in [1.29, 1.82) is 0 Å². The van der Waals surface area contributed by atoms with Gasteiger partial charge in [-0.2, -0.15) is 0 Å². The van der Waals surface area contributed by atoms with E-state index < -0.39 is 10.0 Å². The molecule has 0 unspecified atom stereocenters. The maximum absolute atomic E-state index is 12.9. The van der Waals surface area contributed by atoms with Crippen molar-refractivity contribution in [1.82, 2.24) is 10.0 Å². The van der Waals surface area contributed by atoms with Crippen LogP contribution in [0.1, 0.15) is 37.3 Å². The quantitative estimate of drug-likeness (QED) is 0.634. The van der Waals surface area contributed by atoms with Gasteiger partial charge in [0.15, 0.2) is 0 Å². The van der Waals surface area contributed by atoms with Crippen LogP contribution < -0.4 is 14.9 Å². The van der Waals surface area contributed by atoms with Gasteiger partial charge < -0.3 is 10.2 Å². The highest BCUT2D eigenvalue weighted by Gasteiger charge is 2.39. The molecule has 1 atom stereocenters. The Hall–Kier alpha value is -2.78. The summed E-state index contributed by atoms with van der Waals surface area (Å²) in [5.74, 6) is -0.439. The lowest BCUT2D eigenvalue weighted by Gasteiger charge is -2.22. The summed E-state index contributed by atoms with van der Waals surface area (Å²) in [7, 11) is -3.78. The zero-order chi connectivity index (χ0) is 22.9. The Labute approximate surface area is 187 Å². The first-order chi connectivity index (χ1) is 15.2. The number of hydrogen-bond acceptors (Lipinski definition) is 4. The molecule has 32 heavy (non-hydrogen) atoms. The summed E-state index contributed by atoms with van der Waals surface area (Å²) in [5.41, 5.74) is 2.38. The van der Waals surface area contributed by atoms with Crippen LogP contribution in [-0.2, 0) is 32.6 Å². The van der Waals surface area contributed by atoms with Crippen molar-refractivity contribution in [3.05, 3.63) is 59.4 Å². The Morgan fingerprint density at radius 2 is 1.84 bits per heavy atom. The predicted octanol–water partition coefficient (Wildman–Crippen LogP) is 2.50. The lowest BCUT2D eigenvalue weighted by Crippen LogP contribution is -2.36. The molecule has 2 aliphatic rings. The third kappa shape index (κ3) is 4.99. The van der Waals surface area contributed by atoms with Crippen LogP contribution in [0.5, 0.6) is 0 Å². The minimum absolute atomic E-state index is 0.00816. The average Bonchev–Trinajstić information content (AvgIpc) is 3.54. The summed E-state index contributed by atoms with van der Waals surface area (Å²) >= 11 is 0. The normalized spacial score (nSPS) is 17.8. The summed E-state index contributed by atoms with van der Waals surface area (Å²) in [6.07, 6.45) is 2.44. The first-order valence-electron chi connectivity index (χ1n) is 10.7. The van der Waals surface area contributed by atoms with Crippen LogP contribution in [0.15, 0.2) is 47.4 Å². The van der Waals surface area contributed by atoms with Crippen LogP contribution in [0, 0.1) is 11.7 Å². The molecule has 1 saturated carbocycles. The SMILES string of the molecule is C[C@H]1Cc2cc(S(=O)(=O)NCCC(=O)NCc3ccc(F)cc3)ccc2N1C(=O)C1CC1. The molecule has 0 saturated heterocycles. The van der Waals surface area contributed by atoms with Gasteiger partial charge in [0, 0.05) is 37.2 Å². The van der Waals surface area contributed by atoms with E-state index in [4.69, 9.17) is 0 Å². The molecule has 2 aromatic rings. The fourth-order valence-electron chi connectivity index (χ4n) is 3.91. The number of hydrogen-bond donors (Lipinski definition) is 2. The van der Waals surface area contributed by atoms with Gasteiger partial charge in [-0.1, -0.05) is 12.1 Å². The van der Waals surface area contributed by atoms with Crippen LogP contribution in [0.25, 0.3) is 0 Å². The fraction of sp³-hybridized carbons (Fsp3) is 0.391. The van der Waals surface area contributed by atoms with Crippen molar-refractivity contribution >= 4 is 27.5 Å². The molecule has 2 amide bonds. The van der Waals surface area contributed by atoms with Crippen LogP contribution in [0.3, 0.4) is 0 Å². The van der Waals surface area contributed by atoms with Crippen molar-refractivity contribution in [2.75, 3.05) is 11.4 Å². The second-order valence-corrected chi connectivity index (χ2v) is 10.1. The average molecular weight is 460 g/mol. The summed E-state index contributed by atoms with van der Waals surface area (Å²) in [4.78, 5) is 26.5. The highest BCUT2D eigenvalue weighted by Crippen LogP contribution is 2.39. The van der Waals surface area contributed by atoms with Gasteiger partial charge in [-0.3, -0.25) is 9.59 Å². The van der Waals surface area contributed by atoms with E-state index in [1.165, 1.54) is 18.2 Å². The number of nitrogens with zero attached hydrogens (tertiary/aromatic N) is 1. The zero-order valence-electron chi connectivity index (χ0n) is 17.8. The standard InChI is InChI=1S/C23H26FN3O4S/c1-15-12-18-13-20(8-9-21(18)27(15)23(29)17-4-5-17)32(30,31)26-11-10-22(28)25-14-16-2-6-19(24)7-3-16/h2-3,6-9,13,15,17,26H,4-5,10-12,14H2,1H3,(H,25,28)/t15-/m0/s1. The number of carbonyl (C=O) groups excluding carboxylic acids is 2. The largest absolute Gasteiger partial charge is 0.352 e. The molecule has 9 heteroatoms. The molecule has 170 valence electrons. The van der Waals surface area contributed by atoms with Gasteiger partial charge in [0.1, 0.15) is 5.82 Å². The van der Waals surface area contributed by atoms with E-state index in [2.05, 4.69) is 10.0 Å². The topological polar surface area (TPSA) is 95.6 Å². The van der Waals surface area contributed by atoms with Crippen molar-refractivity contribution in [2.24, 2.45) is 5.92 Å². The summed E-state index contributed by atoms with van der Waals surface area (Å²) < 4.78 is 40.7. The molecule has 2 aromatic carbocycles. The molecular weight excluding hydrogens is 433 g/mol. The summed E-state index contributed by atoms with van der Waals surface area (Å²) in [6.45, 7) is 2.17. The first kappa shape index (κ1) is 22.4. The molecular formula is C23H26FN3O4S. The lowest BCUT2D eigenvalue weighted by atomic mass is 10.1. The highest BCUT2D eigenvalue weighted by atomic mass is 32.2. The molecule has 0 bridgehead atoms. The van der Waals surface area contributed by atoms with E-state index in [9.17, 15) is 22.4 Å². The Kier molecular flexibility index (Phi) is 6.30. The van der Waals surface area contributed by atoms with Crippen LogP contribution in [0.4, 0.5) is 10.1 Å². The van der Waals surface area contributed by atoms with Gasteiger partial charge in [-0.25, -0.2) is 17.5 Å². The Bertz CT molecular complexity index is 1130. The van der Waals surface area contributed by atoms with E-state index in [1.54, 1.807) is 29.2 Å². The molecule has 4 rings (SSSR count). The zero-order valence-corrected chi connectivity index (χ0v) is 18.6. The van der Waals surface area contributed by atoms with Gasteiger partial charge in [-0.15, -0.1) is 0 Å². The number of amides is 2. The number of anilines is 1. The molecule has 1 aliphatic carbocycles. The number of sulfonamides is 1. The van der Waals surface area contributed by atoms with Gasteiger partial charge in [0.05, 0.1) is 4.90 Å². The molecule has 0 aromatic heterocycles. The third-order valence-corrected chi connectivity index (χ3v) is 7.25. The second kappa shape index (κ2) is 8.99.